The Hall–Kier alpha value is -4.07. The zero-order valence-electron chi connectivity index (χ0n) is 15.8. The van der Waals surface area contributed by atoms with Gasteiger partial charge in [-0.05, 0) is 47.5 Å². The fourth-order valence-corrected chi connectivity index (χ4v) is 2.56. The average Bonchev–Trinajstić information content (AvgIpc) is 2.73. The lowest BCUT2D eigenvalue weighted by Gasteiger charge is -2.03. The molecule has 0 aliphatic heterocycles. The number of methoxy groups -OCH3 is 2. The summed E-state index contributed by atoms with van der Waals surface area (Å²) in [6.07, 6.45) is 2.54. The molecule has 0 atom stereocenters. The predicted molar refractivity (Wildman–Crippen MR) is 110 cm³/mol. The van der Waals surface area contributed by atoms with E-state index in [1.165, 1.54) is 7.11 Å². The SMILES string of the molecule is COC(=O)Nc1ccc(/C=c2\[nH]c(=O)/c(=C/c3ccc(OC)cc3)[nH]c2=O)cc1. The maximum atomic E-state index is 12.4. The maximum absolute atomic E-state index is 12.4. The summed E-state index contributed by atoms with van der Waals surface area (Å²) in [6, 6.07) is 13.8. The number of hydrogen-bond donors (Lipinski definition) is 3. The quantitative estimate of drug-likeness (QED) is 0.610. The van der Waals surface area contributed by atoms with Crippen LogP contribution < -0.4 is 31.9 Å². The van der Waals surface area contributed by atoms with Gasteiger partial charge < -0.3 is 19.4 Å². The molecule has 2 aromatic carbocycles. The molecule has 8 nitrogen and oxygen atoms in total. The Balaban J connectivity index is 1.92. The van der Waals surface area contributed by atoms with E-state index in [-0.39, 0.29) is 10.7 Å². The lowest BCUT2D eigenvalue weighted by atomic mass is 10.2. The van der Waals surface area contributed by atoms with Crippen molar-refractivity contribution in [2.75, 3.05) is 19.5 Å². The van der Waals surface area contributed by atoms with Crippen LogP contribution in [0.25, 0.3) is 12.2 Å². The van der Waals surface area contributed by atoms with Gasteiger partial charge in [0.05, 0.1) is 14.2 Å². The number of aromatic amines is 2. The van der Waals surface area contributed by atoms with E-state index in [0.717, 1.165) is 5.56 Å². The molecule has 0 fully saturated rings. The Morgan fingerprint density at radius 3 is 1.76 bits per heavy atom. The first-order chi connectivity index (χ1) is 14.0. The number of hydrogen-bond acceptors (Lipinski definition) is 5. The molecule has 0 unspecified atom stereocenters. The fourth-order valence-electron chi connectivity index (χ4n) is 2.56. The normalized spacial score (nSPS) is 11.9. The second kappa shape index (κ2) is 8.75. The Labute approximate surface area is 165 Å². The highest BCUT2D eigenvalue weighted by Gasteiger charge is 2.01. The van der Waals surface area contributed by atoms with Crippen LogP contribution in [0, 0.1) is 0 Å². The van der Waals surface area contributed by atoms with Crippen LogP contribution in [0.3, 0.4) is 0 Å². The van der Waals surface area contributed by atoms with E-state index in [4.69, 9.17) is 4.74 Å². The van der Waals surface area contributed by atoms with Gasteiger partial charge in [0.25, 0.3) is 11.1 Å². The minimum Gasteiger partial charge on any atom is -0.497 e. The Morgan fingerprint density at radius 2 is 1.31 bits per heavy atom. The molecule has 3 N–H and O–H groups in total. The second-order valence-electron chi connectivity index (χ2n) is 6.04. The fraction of sp³-hybridized carbons (Fsp3) is 0.0952. The van der Waals surface area contributed by atoms with Gasteiger partial charge in [-0.3, -0.25) is 14.9 Å². The van der Waals surface area contributed by atoms with E-state index in [1.807, 2.05) is 0 Å². The number of anilines is 1. The van der Waals surface area contributed by atoms with Gasteiger partial charge in [0.1, 0.15) is 16.4 Å². The molecule has 0 aliphatic carbocycles. The minimum atomic E-state index is -0.578. The minimum absolute atomic E-state index is 0.121. The van der Waals surface area contributed by atoms with Crippen molar-refractivity contribution in [3.05, 3.63) is 91.1 Å². The van der Waals surface area contributed by atoms with Crippen molar-refractivity contribution >= 4 is 23.9 Å². The first-order valence-electron chi connectivity index (χ1n) is 8.63. The van der Waals surface area contributed by atoms with Crippen molar-refractivity contribution in [1.29, 1.82) is 0 Å². The Bertz CT molecular complexity index is 1240. The summed E-state index contributed by atoms with van der Waals surface area (Å²) in [4.78, 5) is 41.1. The van der Waals surface area contributed by atoms with Crippen molar-refractivity contribution in [2.45, 2.75) is 0 Å². The smallest absolute Gasteiger partial charge is 0.411 e. The highest BCUT2D eigenvalue weighted by Crippen LogP contribution is 2.11. The van der Waals surface area contributed by atoms with Crippen LogP contribution in [0.2, 0.25) is 0 Å². The highest BCUT2D eigenvalue weighted by molar-refractivity contribution is 5.84. The standard InChI is InChI=1S/C21H19N3O5/c1-28-16-9-5-14(6-10-16)12-18-20(26)23-17(19(25)24-18)11-13-3-7-15(8-4-13)22-21(27)29-2/h3-12H,1-2H3,(H,22,27)(H,23,26)(H,24,25)/b17-11-,18-12-. The summed E-state index contributed by atoms with van der Waals surface area (Å²) in [5.74, 6) is 0.697. The van der Waals surface area contributed by atoms with E-state index in [1.54, 1.807) is 67.8 Å². The first kappa shape index (κ1) is 19.7. The molecule has 1 amide bonds. The number of benzene rings is 2. The van der Waals surface area contributed by atoms with Crippen LogP contribution in [0.4, 0.5) is 10.5 Å². The van der Waals surface area contributed by atoms with Gasteiger partial charge in [0.15, 0.2) is 0 Å². The third-order valence-electron chi connectivity index (χ3n) is 4.07. The maximum Gasteiger partial charge on any atom is 0.411 e. The van der Waals surface area contributed by atoms with Gasteiger partial charge in [-0.15, -0.1) is 0 Å². The molecule has 0 bridgehead atoms. The van der Waals surface area contributed by atoms with E-state index >= 15 is 0 Å². The molecule has 29 heavy (non-hydrogen) atoms. The van der Waals surface area contributed by atoms with Crippen molar-refractivity contribution in [3.63, 3.8) is 0 Å². The molecule has 8 heteroatoms. The van der Waals surface area contributed by atoms with Gasteiger partial charge >= 0.3 is 6.09 Å². The zero-order chi connectivity index (χ0) is 20.8. The molecule has 1 heterocycles. The molecular formula is C21H19N3O5. The zero-order valence-corrected chi connectivity index (χ0v) is 15.8. The van der Waals surface area contributed by atoms with E-state index in [9.17, 15) is 14.4 Å². The third-order valence-corrected chi connectivity index (χ3v) is 4.07. The largest absolute Gasteiger partial charge is 0.497 e. The molecule has 3 rings (SSSR count). The molecule has 3 aromatic rings. The van der Waals surface area contributed by atoms with Gasteiger partial charge in [-0.1, -0.05) is 24.3 Å². The topological polar surface area (TPSA) is 113 Å². The van der Waals surface area contributed by atoms with Gasteiger partial charge in [0, 0.05) is 5.69 Å². The van der Waals surface area contributed by atoms with Gasteiger partial charge in [-0.25, -0.2) is 4.79 Å². The molecule has 0 saturated carbocycles. The number of amides is 1. The molecule has 0 spiro atoms. The lowest BCUT2D eigenvalue weighted by Crippen LogP contribution is -2.46. The Morgan fingerprint density at radius 1 is 0.828 bits per heavy atom. The number of carbonyl (C=O) groups excluding carboxylic acids is 1. The summed E-state index contributed by atoms with van der Waals surface area (Å²) in [6.45, 7) is 0. The molecule has 1 aromatic heterocycles. The van der Waals surface area contributed by atoms with Crippen molar-refractivity contribution < 1.29 is 14.3 Å². The molecular weight excluding hydrogens is 374 g/mol. The summed E-state index contributed by atoms with van der Waals surface area (Å²) in [7, 11) is 2.84. The van der Waals surface area contributed by atoms with Crippen LogP contribution in [0.5, 0.6) is 5.75 Å². The summed E-state index contributed by atoms with van der Waals surface area (Å²) in [5, 5.41) is 2.80. The number of nitrogens with one attached hydrogen (secondary N) is 3. The van der Waals surface area contributed by atoms with Gasteiger partial charge in [-0.2, -0.15) is 0 Å². The van der Waals surface area contributed by atoms with E-state index < -0.39 is 17.2 Å². The number of rotatable bonds is 4. The van der Waals surface area contributed by atoms with Crippen LogP contribution >= 0.6 is 0 Å². The van der Waals surface area contributed by atoms with Crippen molar-refractivity contribution in [1.82, 2.24) is 9.97 Å². The summed E-state index contributed by atoms with van der Waals surface area (Å²) < 4.78 is 9.62. The number of aromatic nitrogens is 2. The number of H-pyrrole nitrogens is 2. The summed E-state index contributed by atoms with van der Waals surface area (Å²) in [5.41, 5.74) is 1.11. The van der Waals surface area contributed by atoms with E-state index in [2.05, 4.69) is 20.0 Å². The predicted octanol–water partition coefficient (Wildman–Crippen LogP) is 0.908. The molecule has 0 aliphatic rings. The lowest BCUT2D eigenvalue weighted by molar-refractivity contribution is 0.187. The Kier molecular flexibility index (Phi) is 5.94. The number of carbonyl (C=O) groups is 1. The van der Waals surface area contributed by atoms with Crippen LogP contribution in [-0.4, -0.2) is 30.3 Å². The first-order valence-corrected chi connectivity index (χ1v) is 8.63. The van der Waals surface area contributed by atoms with E-state index in [0.29, 0.717) is 17.0 Å². The summed E-state index contributed by atoms with van der Waals surface area (Å²) >= 11 is 0. The molecule has 0 saturated heterocycles. The molecule has 148 valence electrons. The average molecular weight is 393 g/mol. The molecule has 0 radical (unpaired) electrons. The van der Waals surface area contributed by atoms with Crippen molar-refractivity contribution in [3.8, 4) is 5.75 Å². The number of ether oxygens (including phenoxy) is 2. The second-order valence-corrected chi connectivity index (χ2v) is 6.04. The van der Waals surface area contributed by atoms with Crippen LogP contribution in [0.1, 0.15) is 11.1 Å². The highest BCUT2D eigenvalue weighted by atomic mass is 16.5. The van der Waals surface area contributed by atoms with Gasteiger partial charge in [0.2, 0.25) is 0 Å². The third kappa shape index (κ3) is 5.01. The van der Waals surface area contributed by atoms with Crippen LogP contribution in [0.15, 0.2) is 58.1 Å². The van der Waals surface area contributed by atoms with Crippen LogP contribution in [-0.2, 0) is 4.74 Å². The monoisotopic (exact) mass is 393 g/mol. The van der Waals surface area contributed by atoms with Crippen molar-refractivity contribution in [2.24, 2.45) is 0 Å².